The quantitative estimate of drug-likeness (QED) is 0.657. The van der Waals surface area contributed by atoms with Crippen molar-refractivity contribution in [2.24, 2.45) is 0 Å². The van der Waals surface area contributed by atoms with Crippen molar-refractivity contribution in [3.63, 3.8) is 0 Å². The highest BCUT2D eigenvalue weighted by atomic mass is 32.1. The number of thiazole rings is 1. The van der Waals surface area contributed by atoms with Gasteiger partial charge in [0.25, 0.3) is 0 Å². The fraction of sp³-hybridized carbons (Fsp3) is 0.389. The molecule has 0 spiro atoms. The number of urea groups is 1. The summed E-state index contributed by atoms with van der Waals surface area (Å²) in [5.41, 5.74) is 7.98. The number of amides is 2. The molecule has 28 heavy (non-hydrogen) atoms. The lowest BCUT2D eigenvalue weighted by Crippen LogP contribution is -2.42. The van der Waals surface area contributed by atoms with Gasteiger partial charge in [0.15, 0.2) is 10.9 Å². The van der Waals surface area contributed by atoms with Gasteiger partial charge in [-0.2, -0.15) is 0 Å². The predicted molar refractivity (Wildman–Crippen MR) is 108 cm³/mol. The molecule has 0 saturated heterocycles. The van der Waals surface area contributed by atoms with Crippen LogP contribution in [0.1, 0.15) is 29.3 Å². The van der Waals surface area contributed by atoms with E-state index in [2.05, 4.69) is 10.3 Å². The maximum Gasteiger partial charge on any atom is 0.526 e. The van der Waals surface area contributed by atoms with Gasteiger partial charge < -0.3 is 25.6 Å². The molecule has 1 aromatic heterocycles. The maximum atomic E-state index is 13.0. The van der Waals surface area contributed by atoms with E-state index in [9.17, 15) is 14.6 Å². The number of rotatable bonds is 5. The molecule has 148 valence electrons. The third-order valence-electron chi connectivity index (χ3n) is 4.71. The highest BCUT2D eigenvalue weighted by Crippen LogP contribution is 2.36. The Balaban J connectivity index is 1.78. The van der Waals surface area contributed by atoms with E-state index in [0.29, 0.717) is 23.0 Å². The number of para-hydroxylation sites is 1. The summed E-state index contributed by atoms with van der Waals surface area (Å²) < 4.78 is 5.66. The van der Waals surface area contributed by atoms with Crippen LogP contribution in [0.2, 0.25) is 5.82 Å². The average Bonchev–Trinajstić information content (AvgIpc) is 3.06. The molecular weight excluding hydrogens is 379 g/mol. The van der Waals surface area contributed by atoms with Crippen LogP contribution in [0.25, 0.3) is 0 Å². The monoisotopic (exact) mass is 402 g/mol. The molecule has 3 rings (SSSR count). The Bertz CT molecular complexity index is 888. The summed E-state index contributed by atoms with van der Waals surface area (Å²) in [7, 11) is 2.08. The first kappa shape index (κ1) is 20.2. The van der Waals surface area contributed by atoms with Crippen LogP contribution in [0.15, 0.2) is 23.6 Å². The van der Waals surface area contributed by atoms with E-state index < -0.39 is 25.0 Å². The summed E-state index contributed by atoms with van der Waals surface area (Å²) in [6, 6.07) is 4.42. The molecule has 1 aliphatic rings. The highest BCUT2D eigenvalue weighted by Gasteiger charge is 2.38. The zero-order valence-corrected chi connectivity index (χ0v) is 16.8. The molecule has 4 N–H and O–H groups in total. The van der Waals surface area contributed by atoms with E-state index in [4.69, 9.17) is 10.4 Å². The predicted octanol–water partition coefficient (Wildman–Crippen LogP) is 1.79. The number of nitrogens with one attached hydrogen (secondary N) is 1. The smallest absolute Gasteiger partial charge is 0.526 e. The van der Waals surface area contributed by atoms with Crippen LogP contribution in [-0.4, -0.2) is 47.9 Å². The Morgan fingerprint density at radius 1 is 1.50 bits per heavy atom. The van der Waals surface area contributed by atoms with Crippen molar-refractivity contribution in [3.8, 4) is 5.75 Å². The zero-order chi connectivity index (χ0) is 20.4. The van der Waals surface area contributed by atoms with Crippen molar-refractivity contribution in [2.45, 2.75) is 31.6 Å². The minimum absolute atomic E-state index is 0.0321. The molecule has 8 nitrogen and oxygen atoms in total. The molecule has 0 bridgehead atoms. The van der Waals surface area contributed by atoms with E-state index in [-0.39, 0.29) is 12.2 Å². The fourth-order valence-corrected chi connectivity index (χ4v) is 3.79. The Morgan fingerprint density at radius 3 is 2.89 bits per heavy atom. The van der Waals surface area contributed by atoms with E-state index in [1.54, 1.807) is 19.5 Å². The molecule has 0 saturated carbocycles. The van der Waals surface area contributed by atoms with Crippen LogP contribution in [0.4, 0.5) is 9.93 Å². The van der Waals surface area contributed by atoms with Crippen molar-refractivity contribution in [1.82, 2.24) is 15.2 Å². The maximum absolute atomic E-state index is 13.0. The number of carbonyl (C=O) groups is 2. The largest absolute Gasteiger partial charge is 0.536 e. The van der Waals surface area contributed by atoms with Crippen LogP contribution in [-0.2, 0) is 11.2 Å². The van der Waals surface area contributed by atoms with Gasteiger partial charge in [-0.3, -0.25) is 4.79 Å². The number of nitrogen functional groups attached to an aromatic ring is 1. The second-order valence-electron chi connectivity index (χ2n) is 7.09. The molecule has 2 atom stereocenters. The first-order chi connectivity index (χ1) is 13.3. The van der Waals surface area contributed by atoms with Crippen LogP contribution in [0, 0.1) is 6.92 Å². The first-order valence-electron chi connectivity index (χ1n) is 8.91. The molecule has 2 aromatic rings. The lowest BCUT2D eigenvalue weighted by Gasteiger charge is -2.29. The standard InChI is InChI=1S/C18H23BN4O4S/c1-10-5-4-6-11-7-12(19(26)27-16(10)11)8-14(24)15(22-18(25)23(2)3)13-9-28-17(20)21-13/h4-6,9,12,15,26H,7-8H2,1-3H3,(H2,20,21)(H,22,25)/t12-,15?/m1/s1. The number of carbonyl (C=O) groups excluding carboxylic acids is 2. The lowest BCUT2D eigenvalue weighted by atomic mass is 9.64. The number of Topliss-reactive ketones (excluding diaryl/α,β-unsaturated/α-hetero) is 1. The number of aryl methyl sites for hydroxylation is 1. The van der Waals surface area contributed by atoms with Crippen LogP contribution < -0.4 is 15.7 Å². The molecule has 0 radical (unpaired) electrons. The highest BCUT2D eigenvalue weighted by molar-refractivity contribution is 7.13. The Morgan fingerprint density at radius 2 is 2.25 bits per heavy atom. The van der Waals surface area contributed by atoms with Crippen molar-refractivity contribution in [1.29, 1.82) is 0 Å². The van der Waals surface area contributed by atoms with Gasteiger partial charge in [0, 0.05) is 31.7 Å². The number of benzene rings is 1. The number of fused-ring (bicyclic) bond motifs is 1. The average molecular weight is 402 g/mol. The fourth-order valence-electron chi connectivity index (χ4n) is 3.20. The zero-order valence-electron chi connectivity index (χ0n) is 16.0. The van der Waals surface area contributed by atoms with Gasteiger partial charge in [-0.15, -0.1) is 11.3 Å². The third kappa shape index (κ3) is 4.28. The van der Waals surface area contributed by atoms with Gasteiger partial charge in [-0.25, -0.2) is 9.78 Å². The number of nitrogens with two attached hydrogens (primary N) is 1. The summed E-state index contributed by atoms with van der Waals surface area (Å²) in [5.74, 6) is -0.00997. The number of aromatic nitrogens is 1. The van der Waals surface area contributed by atoms with Crippen LogP contribution in [0.5, 0.6) is 5.75 Å². The van der Waals surface area contributed by atoms with E-state index in [1.165, 1.54) is 16.2 Å². The third-order valence-corrected chi connectivity index (χ3v) is 5.40. The summed E-state index contributed by atoms with van der Waals surface area (Å²) in [5, 5.41) is 15.1. The Labute approximate surface area is 167 Å². The van der Waals surface area contributed by atoms with Gasteiger partial charge >= 0.3 is 13.1 Å². The second kappa shape index (κ2) is 8.20. The van der Waals surface area contributed by atoms with Gasteiger partial charge in [0.1, 0.15) is 11.8 Å². The minimum atomic E-state index is -1.09. The molecule has 1 aliphatic heterocycles. The van der Waals surface area contributed by atoms with Crippen LogP contribution in [0.3, 0.4) is 0 Å². The van der Waals surface area contributed by atoms with E-state index >= 15 is 0 Å². The Kier molecular flexibility index (Phi) is 5.90. The van der Waals surface area contributed by atoms with Gasteiger partial charge in [0.05, 0.1) is 5.69 Å². The lowest BCUT2D eigenvalue weighted by molar-refractivity contribution is -0.121. The van der Waals surface area contributed by atoms with Crippen molar-refractivity contribution >= 4 is 35.4 Å². The topological polar surface area (TPSA) is 118 Å². The molecule has 2 amide bonds. The van der Waals surface area contributed by atoms with Crippen molar-refractivity contribution < 1.29 is 19.3 Å². The first-order valence-corrected chi connectivity index (χ1v) is 9.79. The number of nitrogens with zero attached hydrogens (tertiary/aromatic N) is 2. The molecule has 0 aliphatic carbocycles. The summed E-state index contributed by atoms with van der Waals surface area (Å²) in [4.78, 5) is 30.6. The normalized spacial score (nSPS) is 16.7. The SMILES string of the molecule is Cc1cccc2c1OB(O)[C@@H](CC(=O)C(NC(=O)N(C)C)c1csc(N)n1)C2. The minimum Gasteiger partial charge on any atom is -0.536 e. The van der Waals surface area contributed by atoms with Crippen molar-refractivity contribution in [3.05, 3.63) is 40.4 Å². The van der Waals surface area contributed by atoms with Gasteiger partial charge in [-0.1, -0.05) is 18.2 Å². The van der Waals surface area contributed by atoms with E-state index in [1.807, 2.05) is 25.1 Å². The molecule has 1 aromatic carbocycles. The molecule has 2 heterocycles. The summed E-state index contributed by atoms with van der Waals surface area (Å²) in [6.45, 7) is 1.91. The number of hydrogen-bond donors (Lipinski definition) is 3. The van der Waals surface area contributed by atoms with Gasteiger partial charge in [0.2, 0.25) is 0 Å². The molecular formula is C18H23BN4O4S. The molecule has 0 fully saturated rings. The second-order valence-corrected chi connectivity index (χ2v) is 7.98. The molecule has 10 heteroatoms. The van der Waals surface area contributed by atoms with Crippen LogP contribution >= 0.6 is 11.3 Å². The van der Waals surface area contributed by atoms with E-state index in [0.717, 1.165) is 11.1 Å². The summed E-state index contributed by atoms with van der Waals surface area (Å²) >= 11 is 1.20. The molecule has 1 unspecified atom stereocenters. The van der Waals surface area contributed by atoms with Crippen molar-refractivity contribution in [2.75, 3.05) is 19.8 Å². The summed E-state index contributed by atoms with van der Waals surface area (Å²) in [6.07, 6.45) is 0.543. The van der Waals surface area contributed by atoms with Gasteiger partial charge in [-0.05, 0) is 24.5 Å². The number of hydrogen-bond acceptors (Lipinski definition) is 7. The Hall–Kier alpha value is -2.59. The number of ketones is 1. The number of anilines is 1.